The third-order valence-corrected chi connectivity index (χ3v) is 5.62. The molecule has 6 heteroatoms. The summed E-state index contributed by atoms with van der Waals surface area (Å²) < 4.78 is 8.85. The van der Waals surface area contributed by atoms with E-state index in [1.54, 1.807) is 11.8 Å². The molecule has 136 valence electrons. The van der Waals surface area contributed by atoms with Crippen molar-refractivity contribution in [1.82, 2.24) is 14.8 Å². The fourth-order valence-electron chi connectivity index (χ4n) is 2.46. The zero-order valence-corrected chi connectivity index (χ0v) is 17.4. The van der Waals surface area contributed by atoms with Crippen molar-refractivity contribution in [3.63, 3.8) is 0 Å². The predicted octanol–water partition coefficient (Wildman–Crippen LogP) is 5.72. The van der Waals surface area contributed by atoms with E-state index in [0.29, 0.717) is 0 Å². The van der Waals surface area contributed by atoms with Gasteiger partial charge in [0.1, 0.15) is 5.75 Å². The van der Waals surface area contributed by atoms with Gasteiger partial charge in [-0.25, -0.2) is 0 Å². The molecule has 0 radical (unpaired) electrons. The van der Waals surface area contributed by atoms with E-state index in [1.807, 2.05) is 35.9 Å². The Morgan fingerprint density at radius 1 is 1.04 bits per heavy atom. The summed E-state index contributed by atoms with van der Waals surface area (Å²) in [6.45, 7) is 2.92. The average Bonchev–Trinajstić information content (AvgIpc) is 3.03. The summed E-state index contributed by atoms with van der Waals surface area (Å²) in [4.78, 5) is 0. The van der Waals surface area contributed by atoms with Crippen LogP contribution in [-0.2, 0) is 12.8 Å². The number of benzene rings is 2. The van der Waals surface area contributed by atoms with Crippen LogP contribution >= 0.6 is 27.7 Å². The van der Waals surface area contributed by atoms with Gasteiger partial charge in [0.2, 0.25) is 0 Å². The van der Waals surface area contributed by atoms with Crippen LogP contribution in [0.3, 0.4) is 0 Å². The maximum Gasteiger partial charge on any atom is 0.191 e. The minimum absolute atomic E-state index is 0.761. The van der Waals surface area contributed by atoms with Gasteiger partial charge in [0.05, 0.1) is 6.61 Å². The van der Waals surface area contributed by atoms with E-state index in [1.165, 1.54) is 5.56 Å². The number of aromatic nitrogens is 3. The van der Waals surface area contributed by atoms with Crippen LogP contribution in [0.5, 0.6) is 5.75 Å². The van der Waals surface area contributed by atoms with E-state index >= 15 is 0 Å². The lowest BCUT2D eigenvalue weighted by Crippen LogP contribution is -1.97. The highest BCUT2D eigenvalue weighted by atomic mass is 79.9. The lowest BCUT2D eigenvalue weighted by atomic mass is 10.2. The molecule has 0 aliphatic heterocycles. The van der Waals surface area contributed by atoms with Crippen molar-refractivity contribution in [2.75, 3.05) is 6.61 Å². The van der Waals surface area contributed by atoms with Crippen molar-refractivity contribution in [2.24, 2.45) is 7.05 Å². The Morgan fingerprint density at radius 3 is 2.46 bits per heavy atom. The van der Waals surface area contributed by atoms with Gasteiger partial charge in [-0.05, 0) is 48.4 Å². The first kappa shape index (κ1) is 19.0. The number of hydrogen-bond acceptors (Lipinski definition) is 4. The highest BCUT2D eigenvalue weighted by molar-refractivity contribution is 9.10. The predicted molar refractivity (Wildman–Crippen MR) is 111 cm³/mol. The second-order valence-electron chi connectivity index (χ2n) is 6.01. The maximum absolute atomic E-state index is 5.72. The topological polar surface area (TPSA) is 39.9 Å². The number of halogens is 1. The van der Waals surface area contributed by atoms with E-state index < -0.39 is 0 Å². The van der Waals surface area contributed by atoms with Gasteiger partial charge in [-0.3, -0.25) is 0 Å². The minimum Gasteiger partial charge on any atom is -0.494 e. The molecule has 4 nitrogen and oxygen atoms in total. The highest BCUT2D eigenvalue weighted by Crippen LogP contribution is 2.26. The fourth-order valence-corrected chi connectivity index (χ4v) is 3.59. The van der Waals surface area contributed by atoms with Crippen molar-refractivity contribution >= 4 is 27.7 Å². The Labute approximate surface area is 167 Å². The van der Waals surface area contributed by atoms with Crippen LogP contribution in [0.1, 0.15) is 25.3 Å². The largest absolute Gasteiger partial charge is 0.494 e. The third-order valence-electron chi connectivity index (χ3n) is 4.00. The van der Waals surface area contributed by atoms with Crippen LogP contribution in [0.15, 0.2) is 58.2 Å². The molecule has 26 heavy (non-hydrogen) atoms. The fraction of sp³-hybridized carbons (Fsp3) is 0.300. The zero-order chi connectivity index (χ0) is 18.4. The summed E-state index contributed by atoms with van der Waals surface area (Å²) in [7, 11) is 2.00. The Bertz CT molecular complexity index is 831. The lowest BCUT2D eigenvalue weighted by Gasteiger charge is -2.07. The normalized spacial score (nSPS) is 10.9. The first-order chi connectivity index (χ1) is 12.7. The van der Waals surface area contributed by atoms with Crippen molar-refractivity contribution < 1.29 is 4.74 Å². The van der Waals surface area contributed by atoms with E-state index in [4.69, 9.17) is 4.74 Å². The van der Waals surface area contributed by atoms with Crippen LogP contribution in [0, 0.1) is 0 Å². The third kappa shape index (κ3) is 4.89. The molecule has 0 bridgehead atoms. The minimum atomic E-state index is 0.761. The molecular weight excluding hydrogens is 410 g/mol. The van der Waals surface area contributed by atoms with Gasteiger partial charge in [-0.2, -0.15) is 0 Å². The van der Waals surface area contributed by atoms with Crippen molar-refractivity contribution in [3.05, 3.63) is 58.6 Å². The molecular formula is C20H22BrN3OS. The first-order valence-corrected chi connectivity index (χ1v) is 10.4. The van der Waals surface area contributed by atoms with Gasteiger partial charge in [-0.15, -0.1) is 10.2 Å². The molecule has 0 saturated heterocycles. The summed E-state index contributed by atoms with van der Waals surface area (Å²) in [6.07, 6.45) is 2.21. The maximum atomic E-state index is 5.72. The molecule has 0 unspecified atom stereocenters. The molecule has 0 N–H and O–H groups in total. The SMILES string of the molecule is CCCCOc1ccc(-c2nnc(SCc3ccc(Br)cc3)n2C)cc1. The molecule has 1 aromatic heterocycles. The standard InChI is InChI=1S/C20H22BrN3OS/c1-3-4-13-25-18-11-7-16(8-12-18)19-22-23-20(24(19)2)26-14-15-5-9-17(21)10-6-15/h5-12H,3-4,13-14H2,1-2H3. The summed E-state index contributed by atoms with van der Waals surface area (Å²) in [5.41, 5.74) is 2.30. The summed E-state index contributed by atoms with van der Waals surface area (Å²) in [5.74, 6) is 2.63. The molecule has 1 heterocycles. The molecule has 0 atom stereocenters. The van der Waals surface area contributed by atoms with E-state index in [0.717, 1.165) is 52.0 Å². The number of nitrogens with zero attached hydrogens (tertiary/aromatic N) is 3. The van der Waals surface area contributed by atoms with E-state index in [9.17, 15) is 0 Å². The number of rotatable bonds is 8. The van der Waals surface area contributed by atoms with E-state index in [2.05, 4.69) is 57.3 Å². The van der Waals surface area contributed by atoms with Gasteiger partial charge in [0.15, 0.2) is 11.0 Å². The summed E-state index contributed by atoms with van der Waals surface area (Å²) in [6, 6.07) is 16.4. The van der Waals surface area contributed by atoms with Crippen LogP contribution in [0.2, 0.25) is 0 Å². The Balaban J connectivity index is 1.65. The molecule has 0 aliphatic rings. The number of thioether (sulfide) groups is 1. The van der Waals surface area contributed by atoms with Gasteiger partial charge in [-0.1, -0.05) is 53.2 Å². The quantitative estimate of drug-likeness (QED) is 0.337. The van der Waals surface area contributed by atoms with Crippen LogP contribution in [0.25, 0.3) is 11.4 Å². The summed E-state index contributed by atoms with van der Waals surface area (Å²) in [5, 5.41) is 9.61. The Morgan fingerprint density at radius 2 is 1.77 bits per heavy atom. The monoisotopic (exact) mass is 431 g/mol. The molecule has 0 aliphatic carbocycles. The zero-order valence-electron chi connectivity index (χ0n) is 15.0. The lowest BCUT2D eigenvalue weighted by molar-refractivity contribution is 0.309. The molecule has 3 aromatic rings. The van der Waals surface area contributed by atoms with Gasteiger partial charge in [0.25, 0.3) is 0 Å². The van der Waals surface area contributed by atoms with Crippen molar-refractivity contribution in [2.45, 2.75) is 30.7 Å². The second kappa shape index (κ2) is 9.24. The first-order valence-electron chi connectivity index (χ1n) is 8.67. The second-order valence-corrected chi connectivity index (χ2v) is 7.86. The Hall–Kier alpha value is -1.79. The molecule has 0 saturated carbocycles. The summed E-state index contributed by atoms with van der Waals surface area (Å²) >= 11 is 5.15. The van der Waals surface area contributed by atoms with Gasteiger partial charge in [0, 0.05) is 22.8 Å². The molecule has 3 rings (SSSR count). The molecule has 0 spiro atoms. The number of ether oxygens (including phenoxy) is 1. The Kier molecular flexibility index (Phi) is 6.74. The van der Waals surface area contributed by atoms with Crippen LogP contribution in [0.4, 0.5) is 0 Å². The van der Waals surface area contributed by atoms with Crippen molar-refractivity contribution in [3.8, 4) is 17.1 Å². The van der Waals surface area contributed by atoms with Gasteiger partial charge < -0.3 is 9.30 Å². The highest BCUT2D eigenvalue weighted by Gasteiger charge is 2.11. The molecule has 0 amide bonds. The van der Waals surface area contributed by atoms with E-state index in [-0.39, 0.29) is 0 Å². The van der Waals surface area contributed by atoms with Gasteiger partial charge >= 0.3 is 0 Å². The number of unbranched alkanes of at least 4 members (excludes halogenated alkanes) is 1. The molecule has 2 aromatic carbocycles. The smallest absolute Gasteiger partial charge is 0.191 e. The average molecular weight is 432 g/mol. The van der Waals surface area contributed by atoms with Crippen LogP contribution < -0.4 is 4.74 Å². The number of hydrogen-bond donors (Lipinski definition) is 0. The van der Waals surface area contributed by atoms with Crippen molar-refractivity contribution in [1.29, 1.82) is 0 Å². The molecule has 0 fully saturated rings. The van der Waals surface area contributed by atoms with Crippen LogP contribution in [-0.4, -0.2) is 21.4 Å².